The second-order valence-corrected chi connectivity index (χ2v) is 7.88. The maximum atomic E-state index is 13.1. The van der Waals surface area contributed by atoms with Gasteiger partial charge in [0.1, 0.15) is 6.10 Å². The van der Waals surface area contributed by atoms with Crippen molar-refractivity contribution in [3.63, 3.8) is 0 Å². The molecular formula is C19H16ClNO3S. The molecule has 0 radical (unpaired) electrons. The SMILES string of the molecule is C[C@H](OC(=O)[C@]12CCC(=O)N1c1ccccc1S2)c1ccccc1Cl. The van der Waals surface area contributed by atoms with Gasteiger partial charge in [0.15, 0.2) is 4.87 Å². The van der Waals surface area contributed by atoms with Crippen LogP contribution in [0.5, 0.6) is 0 Å². The Morgan fingerprint density at radius 3 is 2.76 bits per heavy atom. The molecule has 0 unspecified atom stereocenters. The Morgan fingerprint density at radius 1 is 1.24 bits per heavy atom. The molecule has 0 N–H and O–H groups in total. The molecule has 1 fully saturated rings. The van der Waals surface area contributed by atoms with Gasteiger partial charge in [-0.2, -0.15) is 0 Å². The zero-order chi connectivity index (χ0) is 17.6. The van der Waals surface area contributed by atoms with Gasteiger partial charge >= 0.3 is 5.97 Å². The maximum absolute atomic E-state index is 13.1. The Hall–Kier alpha value is -1.98. The zero-order valence-electron chi connectivity index (χ0n) is 13.6. The average molecular weight is 374 g/mol. The van der Waals surface area contributed by atoms with E-state index < -0.39 is 16.9 Å². The molecule has 128 valence electrons. The third kappa shape index (κ3) is 2.53. The first-order chi connectivity index (χ1) is 12.0. The van der Waals surface area contributed by atoms with Crippen molar-refractivity contribution >= 4 is 40.9 Å². The quantitative estimate of drug-likeness (QED) is 0.739. The fraction of sp³-hybridized carbons (Fsp3) is 0.263. The van der Waals surface area contributed by atoms with Crippen molar-refractivity contribution in [3.8, 4) is 0 Å². The van der Waals surface area contributed by atoms with Gasteiger partial charge in [0.2, 0.25) is 5.91 Å². The molecule has 2 aromatic carbocycles. The number of benzene rings is 2. The van der Waals surface area contributed by atoms with Gasteiger partial charge in [0, 0.05) is 28.3 Å². The van der Waals surface area contributed by atoms with E-state index in [9.17, 15) is 9.59 Å². The Morgan fingerprint density at radius 2 is 1.96 bits per heavy atom. The van der Waals surface area contributed by atoms with Gasteiger partial charge < -0.3 is 4.74 Å². The predicted octanol–water partition coefficient (Wildman–Crippen LogP) is 4.57. The molecule has 6 heteroatoms. The van der Waals surface area contributed by atoms with Gasteiger partial charge in [-0.05, 0) is 25.1 Å². The van der Waals surface area contributed by atoms with E-state index in [1.54, 1.807) is 17.9 Å². The molecule has 1 amide bonds. The van der Waals surface area contributed by atoms with E-state index in [4.69, 9.17) is 16.3 Å². The summed E-state index contributed by atoms with van der Waals surface area (Å²) in [5.41, 5.74) is 1.54. The molecule has 2 aliphatic rings. The summed E-state index contributed by atoms with van der Waals surface area (Å²) in [5.74, 6) is -0.438. The van der Waals surface area contributed by atoms with Crippen molar-refractivity contribution in [3.05, 3.63) is 59.1 Å². The van der Waals surface area contributed by atoms with E-state index in [2.05, 4.69) is 0 Å². The molecule has 2 atom stereocenters. The highest BCUT2D eigenvalue weighted by molar-refractivity contribution is 8.02. The summed E-state index contributed by atoms with van der Waals surface area (Å²) in [6, 6.07) is 14.9. The number of nitrogens with zero attached hydrogens (tertiary/aromatic N) is 1. The van der Waals surface area contributed by atoms with Gasteiger partial charge in [0.25, 0.3) is 0 Å². The first-order valence-corrected chi connectivity index (χ1v) is 9.29. The van der Waals surface area contributed by atoms with Crippen LogP contribution in [0.25, 0.3) is 0 Å². The fourth-order valence-corrected chi connectivity index (χ4v) is 5.08. The summed E-state index contributed by atoms with van der Waals surface area (Å²) >= 11 is 7.61. The Balaban J connectivity index is 1.64. The Bertz CT molecular complexity index is 871. The lowest BCUT2D eigenvalue weighted by atomic mass is 10.1. The monoisotopic (exact) mass is 373 g/mol. The number of thioether (sulfide) groups is 1. The number of hydrogen-bond donors (Lipinski definition) is 0. The molecule has 2 aromatic rings. The highest BCUT2D eigenvalue weighted by Gasteiger charge is 2.58. The molecule has 0 saturated carbocycles. The number of hydrogen-bond acceptors (Lipinski definition) is 4. The molecular weight excluding hydrogens is 358 g/mol. The predicted molar refractivity (Wildman–Crippen MR) is 97.7 cm³/mol. The molecule has 1 saturated heterocycles. The maximum Gasteiger partial charge on any atom is 0.344 e. The summed E-state index contributed by atoms with van der Waals surface area (Å²) in [7, 11) is 0. The number of rotatable bonds is 3. The molecule has 0 bridgehead atoms. The number of para-hydroxylation sites is 1. The van der Waals surface area contributed by atoms with Gasteiger partial charge in [-0.15, -0.1) is 0 Å². The lowest BCUT2D eigenvalue weighted by molar-refractivity contribution is -0.151. The van der Waals surface area contributed by atoms with Crippen LogP contribution in [0.4, 0.5) is 5.69 Å². The van der Waals surface area contributed by atoms with Gasteiger partial charge in [-0.3, -0.25) is 9.69 Å². The normalized spacial score (nSPS) is 22.5. The molecule has 2 heterocycles. The van der Waals surface area contributed by atoms with Crippen molar-refractivity contribution in [2.24, 2.45) is 0 Å². The van der Waals surface area contributed by atoms with E-state index in [0.717, 1.165) is 16.1 Å². The smallest absolute Gasteiger partial charge is 0.344 e. The van der Waals surface area contributed by atoms with Crippen LogP contribution in [-0.2, 0) is 14.3 Å². The van der Waals surface area contributed by atoms with Crippen LogP contribution in [0.3, 0.4) is 0 Å². The fourth-order valence-electron chi connectivity index (χ4n) is 3.39. The third-order valence-electron chi connectivity index (χ3n) is 4.62. The summed E-state index contributed by atoms with van der Waals surface area (Å²) in [6.07, 6.45) is 0.299. The van der Waals surface area contributed by atoms with Crippen LogP contribution in [-0.4, -0.2) is 16.7 Å². The first-order valence-electron chi connectivity index (χ1n) is 8.09. The van der Waals surface area contributed by atoms with E-state index in [0.29, 0.717) is 17.9 Å². The van der Waals surface area contributed by atoms with E-state index in [1.165, 1.54) is 11.8 Å². The number of carbonyl (C=O) groups is 2. The summed E-state index contributed by atoms with van der Waals surface area (Å²) in [5, 5.41) is 0.557. The molecule has 25 heavy (non-hydrogen) atoms. The van der Waals surface area contributed by atoms with Crippen molar-refractivity contribution in [1.29, 1.82) is 0 Å². The molecule has 4 rings (SSSR count). The minimum absolute atomic E-state index is 0.0419. The van der Waals surface area contributed by atoms with Crippen LogP contribution in [0.15, 0.2) is 53.4 Å². The summed E-state index contributed by atoms with van der Waals surface area (Å²) in [4.78, 5) is 27.0. The lowest BCUT2D eigenvalue weighted by Gasteiger charge is -2.30. The number of esters is 1. The third-order valence-corrected chi connectivity index (χ3v) is 6.42. The largest absolute Gasteiger partial charge is 0.455 e. The molecule has 0 aliphatic carbocycles. The van der Waals surface area contributed by atoms with Crippen LogP contribution in [0.2, 0.25) is 5.02 Å². The number of carbonyl (C=O) groups excluding carboxylic acids is 2. The summed E-state index contributed by atoms with van der Waals surface area (Å²) in [6.45, 7) is 1.80. The Kier molecular flexibility index (Phi) is 4.01. The van der Waals surface area contributed by atoms with Crippen LogP contribution in [0.1, 0.15) is 31.4 Å². The molecule has 4 nitrogen and oxygen atoms in total. The summed E-state index contributed by atoms with van der Waals surface area (Å²) < 4.78 is 5.75. The number of halogens is 1. The van der Waals surface area contributed by atoms with Crippen LogP contribution in [0, 0.1) is 0 Å². The minimum Gasteiger partial charge on any atom is -0.455 e. The molecule has 2 aliphatic heterocycles. The topological polar surface area (TPSA) is 46.6 Å². The van der Waals surface area contributed by atoms with Gasteiger partial charge in [-0.1, -0.05) is 53.7 Å². The first kappa shape index (κ1) is 16.5. The van der Waals surface area contributed by atoms with Crippen molar-refractivity contribution in [1.82, 2.24) is 0 Å². The van der Waals surface area contributed by atoms with Crippen molar-refractivity contribution < 1.29 is 14.3 Å². The standard InChI is InChI=1S/C19H16ClNO3S/c1-12(13-6-2-3-7-14(13)20)24-18(23)19-11-10-17(22)21(19)15-8-4-5-9-16(15)25-19/h2-9,12H,10-11H2,1H3/t12-,19+/m0/s1. The van der Waals surface area contributed by atoms with Crippen molar-refractivity contribution in [2.45, 2.75) is 35.6 Å². The number of amides is 1. The second kappa shape index (κ2) is 6.07. The lowest BCUT2D eigenvalue weighted by Crippen LogP contribution is -2.48. The zero-order valence-corrected chi connectivity index (χ0v) is 15.1. The van der Waals surface area contributed by atoms with Gasteiger partial charge in [-0.25, -0.2) is 4.79 Å². The average Bonchev–Trinajstić information content (AvgIpc) is 3.11. The second-order valence-electron chi connectivity index (χ2n) is 6.15. The van der Waals surface area contributed by atoms with Crippen LogP contribution < -0.4 is 4.90 Å². The molecule has 0 aromatic heterocycles. The Labute approximate surface area is 155 Å². The number of anilines is 1. The number of ether oxygens (including phenoxy) is 1. The van der Waals surface area contributed by atoms with Gasteiger partial charge in [0.05, 0.1) is 5.69 Å². The molecule has 0 spiro atoms. The van der Waals surface area contributed by atoms with Crippen molar-refractivity contribution in [2.75, 3.05) is 4.90 Å². The van der Waals surface area contributed by atoms with E-state index in [-0.39, 0.29) is 5.91 Å². The highest BCUT2D eigenvalue weighted by atomic mass is 35.5. The van der Waals surface area contributed by atoms with Crippen LogP contribution >= 0.6 is 23.4 Å². The number of fused-ring (bicyclic) bond motifs is 3. The minimum atomic E-state index is -1.00. The highest BCUT2D eigenvalue weighted by Crippen LogP contribution is 2.56. The van der Waals surface area contributed by atoms with E-state index >= 15 is 0 Å². The van der Waals surface area contributed by atoms with E-state index in [1.807, 2.05) is 42.5 Å².